The Balaban J connectivity index is 2.05. The molecule has 4 N–H and O–H groups in total. The third kappa shape index (κ3) is 8.54. The van der Waals surface area contributed by atoms with Gasteiger partial charge in [-0.2, -0.15) is 5.26 Å². The van der Waals surface area contributed by atoms with E-state index in [9.17, 15) is 24.4 Å². The fourth-order valence-corrected chi connectivity index (χ4v) is 4.63. The lowest BCUT2D eigenvalue weighted by Crippen LogP contribution is -2.52. The maximum Gasteiger partial charge on any atom is 0.408 e. The number of carbonyl (C=O) groups excluding carboxylic acids is 4. The van der Waals surface area contributed by atoms with E-state index in [0.717, 1.165) is 26.8 Å². The lowest BCUT2D eigenvalue weighted by atomic mass is 9.96. The van der Waals surface area contributed by atoms with Gasteiger partial charge in [0.05, 0.1) is 6.07 Å². The summed E-state index contributed by atoms with van der Waals surface area (Å²) in [5.74, 6) is -1.96. The molecule has 0 heterocycles. The molecule has 0 fully saturated rings. The monoisotopic (exact) mass is 571 g/mol. The highest BCUT2D eigenvalue weighted by atomic mass is 16.6. The minimum absolute atomic E-state index is 0.152. The van der Waals surface area contributed by atoms with Gasteiger partial charge in [-0.15, -0.1) is 0 Å². The van der Waals surface area contributed by atoms with Gasteiger partial charge in [-0.3, -0.25) is 14.4 Å². The number of primary amides is 1. The van der Waals surface area contributed by atoms with Crippen LogP contribution in [-0.4, -0.2) is 46.9 Å². The number of benzene rings is 3. The second kappa shape index (κ2) is 13.6. The predicted molar refractivity (Wildman–Crippen MR) is 160 cm³/mol. The van der Waals surface area contributed by atoms with Gasteiger partial charge in [0.1, 0.15) is 24.2 Å². The van der Waals surface area contributed by atoms with Crippen LogP contribution in [0.15, 0.2) is 60.7 Å². The SMILES string of the molecule is Cc1ccc(C(C(=O)Nc2ccc3ccccc3c2)N(CC#N)C(=O)C(CCC(N)=O)NC(=O)OC(C)(C)C)c(C)c1. The van der Waals surface area contributed by atoms with Gasteiger partial charge in [0.25, 0.3) is 5.91 Å². The molecule has 0 aliphatic rings. The Bertz CT molecular complexity index is 1520. The molecule has 10 nitrogen and oxygen atoms in total. The molecule has 10 heteroatoms. The molecule has 220 valence electrons. The highest BCUT2D eigenvalue weighted by molar-refractivity contribution is 6.00. The summed E-state index contributed by atoms with van der Waals surface area (Å²) in [6.07, 6.45) is -1.25. The van der Waals surface area contributed by atoms with Gasteiger partial charge in [-0.25, -0.2) is 4.79 Å². The van der Waals surface area contributed by atoms with Crippen molar-refractivity contribution in [1.82, 2.24) is 10.2 Å². The number of nitriles is 1. The van der Waals surface area contributed by atoms with Gasteiger partial charge in [-0.1, -0.05) is 54.1 Å². The number of nitrogens with two attached hydrogens (primary N) is 1. The maximum absolute atomic E-state index is 14.0. The summed E-state index contributed by atoms with van der Waals surface area (Å²) < 4.78 is 5.32. The summed E-state index contributed by atoms with van der Waals surface area (Å²) in [4.78, 5) is 53.4. The topological polar surface area (TPSA) is 155 Å². The Morgan fingerprint density at radius 2 is 1.69 bits per heavy atom. The van der Waals surface area contributed by atoms with Gasteiger partial charge in [0.2, 0.25) is 11.8 Å². The van der Waals surface area contributed by atoms with Gasteiger partial charge in [-0.05, 0) is 75.1 Å². The van der Waals surface area contributed by atoms with E-state index in [4.69, 9.17) is 10.5 Å². The molecular weight excluding hydrogens is 534 g/mol. The third-order valence-electron chi connectivity index (χ3n) is 6.49. The van der Waals surface area contributed by atoms with Crippen LogP contribution in [-0.2, 0) is 19.1 Å². The van der Waals surface area contributed by atoms with Gasteiger partial charge >= 0.3 is 6.09 Å². The molecule has 3 rings (SSSR count). The smallest absolute Gasteiger partial charge is 0.408 e. The van der Waals surface area contributed by atoms with Crippen LogP contribution >= 0.6 is 0 Å². The number of hydrogen-bond donors (Lipinski definition) is 3. The summed E-state index contributed by atoms with van der Waals surface area (Å²) in [6.45, 7) is 8.26. The van der Waals surface area contributed by atoms with Crippen molar-refractivity contribution >= 4 is 40.3 Å². The van der Waals surface area contributed by atoms with E-state index in [1.54, 1.807) is 32.9 Å². The number of ether oxygens (including phenoxy) is 1. The first kappa shape index (κ1) is 31.6. The Morgan fingerprint density at radius 3 is 2.31 bits per heavy atom. The number of alkyl carbamates (subject to hydrolysis) is 1. The molecule has 3 aromatic rings. The van der Waals surface area contributed by atoms with E-state index in [1.165, 1.54) is 0 Å². The summed E-state index contributed by atoms with van der Waals surface area (Å²) in [7, 11) is 0. The standard InChI is InChI=1S/C32H37N5O5/c1-20-10-13-25(21(2)18-20)28(29(39)35-24-12-11-22-8-6-7-9-23(22)19-24)37(17-16-33)30(40)26(14-15-27(34)38)36-31(41)42-32(3,4)5/h6-13,18-19,26,28H,14-15,17H2,1-5H3,(H2,34,38)(H,35,39)(H,36,41). The van der Waals surface area contributed by atoms with E-state index in [1.807, 2.05) is 68.4 Å². The average Bonchev–Trinajstić information content (AvgIpc) is 2.90. The Labute approximate surface area is 245 Å². The molecule has 0 aliphatic carbocycles. The van der Waals surface area contributed by atoms with Crippen molar-refractivity contribution in [1.29, 1.82) is 5.26 Å². The van der Waals surface area contributed by atoms with Crippen LogP contribution < -0.4 is 16.4 Å². The van der Waals surface area contributed by atoms with Crippen LogP contribution in [0.3, 0.4) is 0 Å². The van der Waals surface area contributed by atoms with Crippen LogP contribution in [0.5, 0.6) is 0 Å². The third-order valence-corrected chi connectivity index (χ3v) is 6.49. The van der Waals surface area contributed by atoms with Crippen molar-refractivity contribution in [3.8, 4) is 6.07 Å². The zero-order chi connectivity index (χ0) is 31.0. The van der Waals surface area contributed by atoms with Crippen molar-refractivity contribution in [2.45, 2.75) is 65.1 Å². The zero-order valence-electron chi connectivity index (χ0n) is 24.6. The number of carbonyl (C=O) groups is 4. The van der Waals surface area contributed by atoms with Crippen LogP contribution in [0.1, 0.15) is 56.3 Å². The van der Waals surface area contributed by atoms with Crippen molar-refractivity contribution in [2.75, 3.05) is 11.9 Å². The van der Waals surface area contributed by atoms with Crippen molar-refractivity contribution in [3.05, 3.63) is 77.4 Å². The highest BCUT2D eigenvalue weighted by Crippen LogP contribution is 2.29. The van der Waals surface area contributed by atoms with E-state index in [2.05, 4.69) is 10.6 Å². The number of amides is 4. The molecule has 0 spiro atoms. The number of aryl methyl sites for hydroxylation is 2. The fraction of sp³-hybridized carbons (Fsp3) is 0.344. The van der Waals surface area contributed by atoms with Crippen LogP contribution in [0.25, 0.3) is 10.8 Å². The van der Waals surface area contributed by atoms with Gasteiger partial charge < -0.3 is 26.0 Å². The van der Waals surface area contributed by atoms with E-state index in [-0.39, 0.29) is 12.8 Å². The average molecular weight is 572 g/mol. The number of fused-ring (bicyclic) bond motifs is 1. The molecular formula is C32H37N5O5. The number of nitrogens with zero attached hydrogens (tertiary/aromatic N) is 2. The fourth-order valence-electron chi connectivity index (χ4n) is 4.63. The highest BCUT2D eigenvalue weighted by Gasteiger charge is 2.37. The van der Waals surface area contributed by atoms with Crippen LogP contribution in [0.2, 0.25) is 0 Å². The Morgan fingerprint density at radius 1 is 1.00 bits per heavy atom. The predicted octanol–water partition coefficient (Wildman–Crippen LogP) is 4.65. The van der Waals surface area contributed by atoms with Crippen LogP contribution in [0, 0.1) is 25.2 Å². The lowest BCUT2D eigenvalue weighted by Gasteiger charge is -2.33. The molecule has 4 amide bonds. The lowest BCUT2D eigenvalue weighted by molar-refractivity contribution is -0.140. The summed E-state index contributed by atoms with van der Waals surface area (Å²) >= 11 is 0. The van der Waals surface area contributed by atoms with Crippen LogP contribution in [0.4, 0.5) is 10.5 Å². The van der Waals surface area contributed by atoms with E-state index in [0.29, 0.717) is 11.3 Å². The number of anilines is 1. The first-order valence-corrected chi connectivity index (χ1v) is 13.6. The van der Waals surface area contributed by atoms with Gasteiger partial charge in [0, 0.05) is 12.1 Å². The first-order chi connectivity index (χ1) is 19.8. The summed E-state index contributed by atoms with van der Waals surface area (Å²) in [6, 6.07) is 18.0. The van der Waals surface area contributed by atoms with Crippen molar-refractivity contribution in [2.24, 2.45) is 5.73 Å². The molecule has 0 saturated heterocycles. The van der Waals surface area contributed by atoms with E-state index < -0.39 is 48.0 Å². The normalized spacial score (nSPS) is 12.5. The molecule has 0 aromatic heterocycles. The number of hydrogen-bond acceptors (Lipinski definition) is 6. The molecule has 0 saturated carbocycles. The molecule has 2 unspecified atom stereocenters. The number of rotatable bonds is 10. The second-order valence-electron chi connectivity index (χ2n) is 11.1. The molecule has 2 atom stereocenters. The first-order valence-electron chi connectivity index (χ1n) is 13.6. The van der Waals surface area contributed by atoms with Crippen molar-refractivity contribution in [3.63, 3.8) is 0 Å². The number of nitrogens with one attached hydrogen (secondary N) is 2. The van der Waals surface area contributed by atoms with Gasteiger partial charge in [0.15, 0.2) is 0 Å². The molecule has 42 heavy (non-hydrogen) atoms. The summed E-state index contributed by atoms with van der Waals surface area (Å²) in [5, 5.41) is 17.1. The minimum atomic E-state index is -1.29. The molecule has 0 aliphatic heterocycles. The van der Waals surface area contributed by atoms with Crippen molar-refractivity contribution < 1.29 is 23.9 Å². The quantitative estimate of drug-likeness (QED) is 0.301. The zero-order valence-corrected chi connectivity index (χ0v) is 24.6. The summed E-state index contributed by atoms with van der Waals surface area (Å²) in [5.41, 5.74) is 7.19. The van der Waals surface area contributed by atoms with E-state index >= 15 is 0 Å². The maximum atomic E-state index is 14.0. The molecule has 0 radical (unpaired) electrons. The molecule has 0 bridgehead atoms. The molecule has 3 aromatic carbocycles. The largest absolute Gasteiger partial charge is 0.444 e. The minimum Gasteiger partial charge on any atom is -0.444 e. The Hall–Kier alpha value is -4.91. The Kier molecular flexibility index (Phi) is 10.3. The second-order valence-corrected chi connectivity index (χ2v) is 11.1.